The van der Waals surface area contributed by atoms with Crippen LogP contribution in [0.2, 0.25) is 0 Å². The van der Waals surface area contributed by atoms with Gasteiger partial charge < -0.3 is 15.0 Å². The molecule has 1 N–H and O–H groups in total. The van der Waals surface area contributed by atoms with Crippen LogP contribution in [0.3, 0.4) is 0 Å². The van der Waals surface area contributed by atoms with Gasteiger partial charge in [-0.1, -0.05) is 13.0 Å². The maximum atomic E-state index is 12.5. The number of thiophene rings is 1. The molecule has 27 heavy (non-hydrogen) atoms. The number of esters is 1. The molecule has 0 saturated carbocycles. The van der Waals surface area contributed by atoms with Crippen molar-refractivity contribution in [1.29, 1.82) is 0 Å². The van der Waals surface area contributed by atoms with Gasteiger partial charge in [0.25, 0.3) is 10.0 Å². The Labute approximate surface area is 165 Å². The first kappa shape index (κ1) is 21.6. The molecule has 8 nitrogen and oxygen atoms in total. The van der Waals surface area contributed by atoms with E-state index in [-0.39, 0.29) is 24.3 Å². The van der Waals surface area contributed by atoms with Gasteiger partial charge in [-0.2, -0.15) is 4.31 Å². The molecule has 1 aliphatic heterocycles. The molecule has 0 amide bonds. The largest absolute Gasteiger partial charge is 0.469 e. The first-order valence-electron chi connectivity index (χ1n) is 8.92. The van der Waals surface area contributed by atoms with E-state index in [1.807, 2.05) is 18.7 Å². The summed E-state index contributed by atoms with van der Waals surface area (Å²) in [5, 5.41) is 4.96. The van der Waals surface area contributed by atoms with E-state index < -0.39 is 10.0 Å². The fourth-order valence-electron chi connectivity index (χ4n) is 3.00. The summed E-state index contributed by atoms with van der Waals surface area (Å²) in [5.41, 5.74) is 0. The summed E-state index contributed by atoms with van der Waals surface area (Å²) in [6, 6.07) is 3.32. The lowest BCUT2D eigenvalue weighted by atomic mass is 9.99. The van der Waals surface area contributed by atoms with Crippen LogP contribution < -0.4 is 5.32 Å². The van der Waals surface area contributed by atoms with E-state index in [9.17, 15) is 13.2 Å². The predicted octanol–water partition coefficient (Wildman–Crippen LogP) is 1.08. The molecule has 1 aromatic rings. The van der Waals surface area contributed by atoms with Gasteiger partial charge in [0.15, 0.2) is 5.96 Å². The second-order valence-corrected chi connectivity index (χ2v) is 9.73. The van der Waals surface area contributed by atoms with Gasteiger partial charge in [-0.15, -0.1) is 11.3 Å². The molecular formula is C17H28N4O4S2. The van der Waals surface area contributed by atoms with Crippen LogP contribution >= 0.6 is 11.3 Å². The number of hydrogen-bond acceptors (Lipinski definition) is 6. The predicted molar refractivity (Wildman–Crippen MR) is 106 cm³/mol. The van der Waals surface area contributed by atoms with Crippen molar-refractivity contribution in [2.45, 2.75) is 18.1 Å². The zero-order chi connectivity index (χ0) is 20.0. The van der Waals surface area contributed by atoms with Gasteiger partial charge in [0.1, 0.15) is 4.21 Å². The monoisotopic (exact) mass is 416 g/mol. The normalized spacial score (nSPS) is 20.9. The Kier molecular flexibility index (Phi) is 7.63. The number of carbonyl (C=O) groups is 1. The molecule has 0 bridgehead atoms. The minimum atomic E-state index is -3.47. The quantitative estimate of drug-likeness (QED) is 0.406. The Hall–Kier alpha value is -1.65. The molecule has 0 radical (unpaired) electrons. The average Bonchev–Trinajstić information content (AvgIpc) is 3.30. The van der Waals surface area contributed by atoms with Gasteiger partial charge in [-0.3, -0.25) is 9.79 Å². The Morgan fingerprint density at radius 1 is 1.48 bits per heavy atom. The maximum absolute atomic E-state index is 12.5. The Balaban J connectivity index is 2.01. The van der Waals surface area contributed by atoms with Gasteiger partial charge in [0, 0.05) is 33.2 Å². The van der Waals surface area contributed by atoms with Crippen LogP contribution in [0.1, 0.15) is 13.8 Å². The molecule has 152 valence electrons. The van der Waals surface area contributed by atoms with Crippen LogP contribution in [0.25, 0.3) is 0 Å². The zero-order valence-corrected chi connectivity index (χ0v) is 17.8. The lowest BCUT2D eigenvalue weighted by Gasteiger charge is -2.22. The van der Waals surface area contributed by atoms with Crippen molar-refractivity contribution in [3.05, 3.63) is 17.5 Å². The number of sulfonamides is 1. The van der Waals surface area contributed by atoms with E-state index in [0.717, 1.165) is 0 Å². The summed E-state index contributed by atoms with van der Waals surface area (Å²) >= 11 is 1.20. The molecule has 2 heterocycles. The van der Waals surface area contributed by atoms with Gasteiger partial charge in [-0.05, 0) is 24.3 Å². The number of likely N-dealkylation sites (tertiary alicyclic amines) is 1. The van der Waals surface area contributed by atoms with Gasteiger partial charge in [-0.25, -0.2) is 8.42 Å². The summed E-state index contributed by atoms with van der Waals surface area (Å²) < 4.78 is 31.4. The highest BCUT2D eigenvalue weighted by molar-refractivity contribution is 7.91. The third-order valence-electron chi connectivity index (χ3n) is 4.59. The SMILES string of the molecule is CCNC(=NCCN(C)S(=O)(=O)c1cccs1)N1CC(C)C(C(=O)OC)C1. The van der Waals surface area contributed by atoms with E-state index >= 15 is 0 Å². The molecule has 0 aromatic carbocycles. The van der Waals surface area contributed by atoms with E-state index in [1.165, 1.54) is 22.8 Å². The van der Waals surface area contributed by atoms with Gasteiger partial charge >= 0.3 is 5.97 Å². The third kappa shape index (κ3) is 5.20. The number of carbonyl (C=O) groups excluding carboxylic acids is 1. The van der Waals surface area contributed by atoms with Crippen LogP contribution in [0.5, 0.6) is 0 Å². The van der Waals surface area contributed by atoms with E-state index in [0.29, 0.717) is 36.3 Å². The minimum Gasteiger partial charge on any atom is -0.469 e. The molecule has 1 aromatic heterocycles. The third-order valence-corrected chi connectivity index (χ3v) is 7.82. The fourth-order valence-corrected chi connectivity index (χ4v) is 5.37. The number of methoxy groups -OCH3 is 1. The molecule has 0 aliphatic carbocycles. The van der Waals surface area contributed by atoms with Gasteiger partial charge in [0.2, 0.25) is 0 Å². The number of nitrogens with one attached hydrogen (secondary N) is 1. The van der Waals surface area contributed by atoms with Crippen LogP contribution in [0.4, 0.5) is 0 Å². The summed E-state index contributed by atoms with van der Waals surface area (Å²) in [5.74, 6) is 0.476. The van der Waals surface area contributed by atoms with Crippen LogP contribution in [-0.4, -0.2) is 76.4 Å². The van der Waals surface area contributed by atoms with Crippen molar-refractivity contribution in [2.75, 3.05) is 46.9 Å². The first-order valence-corrected chi connectivity index (χ1v) is 11.2. The average molecular weight is 417 g/mol. The highest BCUT2D eigenvalue weighted by atomic mass is 32.2. The van der Waals surface area contributed by atoms with Crippen LogP contribution in [0.15, 0.2) is 26.7 Å². The van der Waals surface area contributed by atoms with Crippen LogP contribution in [-0.2, 0) is 19.6 Å². The van der Waals surface area contributed by atoms with Crippen molar-refractivity contribution >= 4 is 33.3 Å². The van der Waals surface area contributed by atoms with Gasteiger partial charge in [0.05, 0.1) is 19.6 Å². The van der Waals surface area contributed by atoms with Crippen molar-refractivity contribution in [3.8, 4) is 0 Å². The molecule has 10 heteroatoms. The molecule has 1 saturated heterocycles. The Morgan fingerprint density at radius 3 is 2.81 bits per heavy atom. The van der Waals surface area contributed by atoms with E-state index in [4.69, 9.17) is 4.74 Å². The number of likely N-dealkylation sites (N-methyl/N-ethyl adjacent to an activating group) is 1. The second kappa shape index (κ2) is 9.52. The van der Waals surface area contributed by atoms with Crippen molar-refractivity contribution in [1.82, 2.24) is 14.5 Å². The molecule has 2 unspecified atom stereocenters. The van der Waals surface area contributed by atoms with Crippen molar-refractivity contribution in [3.63, 3.8) is 0 Å². The number of ether oxygens (including phenoxy) is 1. The zero-order valence-electron chi connectivity index (χ0n) is 16.2. The molecule has 0 spiro atoms. The lowest BCUT2D eigenvalue weighted by Crippen LogP contribution is -2.41. The number of aliphatic imine (C=N–C) groups is 1. The number of hydrogen-bond donors (Lipinski definition) is 1. The second-order valence-electron chi connectivity index (χ2n) is 6.51. The Bertz CT molecular complexity index is 749. The van der Waals surface area contributed by atoms with Crippen molar-refractivity contribution < 1.29 is 17.9 Å². The number of guanidine groups is 1. The lowest BCUT2D eigenvalue weighted by molar-refractivity contribution is -0.145. The highest BCUT2D eigenvalue weighted by Crippen LogP contribution is 2.24. The minimum absolute atomic E-state index is 0.170. The molecule has 1 fully saturated rings. The standard InChI is InChI=1S/C17H28N4O4S2/c1-5-18-17(21-11-13(2)14(12-21)16(22)25-4)19-8-9-20(3)27(23,24)15-7-6-10-26-15/h6-7,10,13-14H,5,8-9,11-12H2,1-4H3,(H,18,19). The number of nitrogens with zero attached hydrogens (tertiary/aromatic N) is 3. The molecule has 1 aliphatic rings. The fraction of sp³-hybridized carbons (Fsp3) is 0.647. The first-order chi connectivity index (χ1) is 12.8. The summed E-state index contributed by atoms with van der Waals surface area (Å²) in [7, 11) is -0.508. The number of rotatable bonds is 7. The maximum Gasteiger partial charge on any atom is 0.310 e. The summed E-state index contributed by atoms with van der Waals surface area (Å²) in [4.78, 5) is 18.5. The summed E-state index contributed by atoms with van der Waals surface area (Å²) in [6.45, 7) is 6.54. The Morgan fingerprint density at radius 2 is 2.22 bits per heavy atom. The van der Waals surface area contributed by atoms with Crippen LogP contribution in [0, 0.1) is 11.8 Å². The topological polar surface area (TPSA) is 91.3 Å². The molecule has 2 atom stereocenters. The molecular weight excluding hydrogens is 388 g/mol. The van der Waals surface area contributed by atoms with E-state index in [2.05, 4.69) is 10.3 Å². The highest BCUT2D eigenvalue weighted by Gasteiger charge is 2.36. The summed E-state index contributed by atoms with van der Waals surface area (Å²) in [6.07, 6.45) is 0. The van der Waals surface area contributed by atoms with E-state index in [1.54, 1.807) is 24.6 Å². The smallest absolute Gasteiger partial charge is 0.310 e. The van der Waals surface area contributed by atoms with Crippen molar-refractivity contribution in [2.24, 2.45) is 16.8 Å². The molecule has 2 rings (SSSR count).